The van der Waals surface area contributed by atoms with E-state index >= 15 is 0 Å². The molecule has 0 aliphatic carbocycles. The Kier molecular flexibility index (Phi) is 3.46. The largest absolute Gasteiger partial charge is 0.469 e. The van der Waals surface area contributed by atoms with Crippen LogP contribution in [0.1, 0.15) is 38.6 Å². The molecule has 0 radical (unpaired) electrons. The molecule has 5 nitrogen and oxygen atoms in total. The number of hydrogen-bond acceptors (Lipinski definition) is 3. The zero-order chi connectivity index (χ0) is 14.2. The summed E-state index contributed by atoms with van der Waals surface area (Å²) in [6.45, 7) is 8.08. The molecule has 0 unspecified atom stereocenters. The molecule has 2 aromatic rings. The van der Waals surface area contributed by atoms with Crippen molar-refractivity contribution >= 4 is 5.91 Å². The first kappa shape index (κ1) is 13.4. The maximum absolute atomic E-state index is 12.2. The van der Waals surface area contributed by atoms with Crippen LogP contribution in [0.15, 0.2) is 10.7 Å². The van der Waals surface area contributed by atoms with Crippen molar-refractivity contribution < 1.29 is 9.21 Å². The summed E-state index contributed by atoms with van der Waals surface area (Å²) >= 11 is 0. The Morgan fingerprint density at radius 1 is 1.37 bits per heavy atom. The monoisotopic (exact) mass is 261 g/mol. The molecule has 0 aliphatic heterocycles. The fourth-order valence-electron chi connectivity index (χ4n) is 2.24. The van der Waals surface area contributed by atoms with Crippen LogP contribution in [0, 0.1) is 27.7 Å². The predicted octanol–water partition coefficient (Wildman–Crippen LogP) is 2.18. The molecule has 5 heteroatoms. The lowest BCUT2D eigenvalue weighted by molar-refractivity contribution is 0.0949. The molecule has 0 bridgehead atoms. The first-order chi connectivity index (χ1) is 8.91. The number of amides is 1. The van der Waals surface area contributed by atoms with Crippen LogP contribution in [0.25, 0.3) is 0 Å². The maximum Gasteiger partial charge on any atom is 0.255 e. The van der Waals surface area contributed by atoms with Crippen LogP contribution in [0.3, 0.4) is 0 Å². The lowest BCUT2D eigenvalue weighted by Gasteiger charge is -2.06. The molecule has 1 amide bonds. The van der Waals surface area contributed by atoms with Crippen LogP contribution in [-0.4, -0.2) is 15.7 Å². The van der Waals surface area contributed by atoms with Crippen molar-refractivity contribution in [1.29, 1.82) is 0 Å². The quantitative estimate of drug-likeness (QED) is 0.921. The smallest absolute Gasteiger partial charge is 0.255 e. The fraction of sp³-hybridized carbons (Fsp3) is 0.429. The Bertz CT molecular complexity index is 603. The van der Waals surface area contributed by atoms with Gasteiger partial charge in [0.2, 0.25) is 0 Å². The number of aryl methyl sites for hydroxylation is 4. The van der Waals surface area contributed by atoms with E-state index in [0.29, 0.717) is 17.9 Å². The molecule has 0 aromatic carbocycles. The molecule has 0 atom stereocenters. The number of hydrogen-bond donors (Lipinski definition) is 1. The second kappa shape index (κ2) is 4.91. The summed E-state index contributed by atoms with van der Waals surface area (Å²) in [7, 11) is 1.90. The van der Waals surface area contributed by atoms with Gasteiger partial charge in [-0.25, -0.2) is 0 Å². The van der Waals surface area contributed by atoms with Gasteiger partial charge in [0.05, 0.1) is 17.5 Å². The lowest BCUT2D eigenvalue weighted by Crippen LogP contribution is -2.24. The third-order valence-corrected chi connectivity index (χ3v) is 3.47. The second-order valence-electron chi connectivity index (χ2n) is 4.81. The van der Waals surface area contributed by atoms with Gasteiger partial charge in [-0.1, -0.05) is 0 Å². The van der Waals surface area contributed by atoms with Gasteiger partial charge in [-0.15, -0.1) is 0 Å². The maximum atomic E-state index is 12.2. The Morgan fingerprint density at radius 2 is 2.05 bits per heavy atom. The summed E-state index contributed by atoms with van der Waals surface area (Å²) in [4.78, 5) is 12.2. The number of rotatable bonds is 3. The van der Waals surface area contributed by atoms with Gasteiger partial charge in [0.15, 0.2) is 0 Å². The minimum atomic E-state index is -0.105. The molecule has 0 spiro atoms. The summed E-state index contributed by atoms with van der Waals surface area (Å²) in [6.07, 6.45) is 1.60. The molecule has 0 fully saturated rings. The van der Waals surface area contributed by atoms with Gasteiger partial charge in [0.25, 0.3) is 5.91 Å². The summed E-state index contributed by atoms with van der Waals surface area (Å²) in [5, 5.41) is 7.26. The van der Waals surface area contributed by atoms with Crippen LogP contribution in [0.4, 0.5) is 0 Å². The molecule has 2 aromatic heterocycles. The van der Waals surface area contributed by atoms with Crippen molar-refractivity contribution in [2.45, 2.75) is 34.2 Å². The van der Waals surface area contributed by atoms with E-state index in [1.807, 2.05) is 32.5 Å². The van der Waals surface area contributed by atoms with Crippen LogP contribution in [-0.2, 0) is 13.6 Å². The Morgan fingerprint density at radius 3 is 2.53 bits per heavy atom. The summed E-state index contributed by atoms with van der Waals surface area (Å²) < 4.78 is 7.07. The van der Waals surface area contributed by atoms with Gasteiger partial charge in [-0.2, -0.15) is 5.10 Å². The first-order valence-corrected chi connectivity index (χ1v) is 6.23. The zero-order valence-corrected chi connectivity index (χ0v) is 12.0. The third-order valence-electron chi connectivity index (χ3n) is 3.47. The van der Waals surface area contributed by atoms with E-state index in [9.17, 15) is 4.79 Å². The second-order valence-corrected chi connectivity index (χ2v) is 4.81. The minimum absolute atomic E-state index is 0.105. The van der Waals surface area contributed by atoms with E-state index in [1.165, 1.54) is 0 Å². The minimum Gasteiger partial charge on any atom is -0.469 e. The molecule has 19 heavy (non-hydrogen) atoms. The van der Waals surface area contributed by atoms with Crippen LogP contribution >= 0.6 is 0 Å². The number of carbonyl (C=O) groups excluding carboxylic acids is 1. The van der Waals surface area contributed by atoms with Crippen LogP contribution in [0.5, 0.6) is 0 Å². The number of carbonyl (C=O) groups is 1. The highest BCUT2D eigenvalue weighted by Crippen LogP contribution is 2.16. The molecule has 1 N–H and O–H groups in total. The Balaban J connectivity index is 2.13. The Labute approximate surface area is 112 Å². The first-order valence-electron chi connectivity index (χ1n) is 6.23. The van der Waals surface area contributed by atoms with Gasteiger partial charge in [0, 0.05) is 30.4 Å². The predicted molar refractivity (Wildman–Crippen MR) is 72.0 cm³/mol. The summed E-state index contributed by atoms with van der Waals surface area (Å²) in [5.41, 5.74) is 4.56. The normalized spacial score (nSPS) is 10.8. The van der Waals surface area contributed by atoms with Crippen LogP contribution < -0.4 is 5.32 Å². The highest BCUT2D eigenvalue weighted by Gasteiger charge is 2.16. The molecule has 2 rings (SSSR count). The van der Waals surface area contributed by atoms with E-state index in [2.05, 4.69) is 10.4 Å². The van der Waals surface area contributed by atoms with E-state index in [1.54, 1.807) is 13.2 Å². The van der Waals surface area contributed by atoms with Gasteiger partial charge in [0.1, 0.15) is 5.76 Å². The van der Waals surface area contributed by atoms with Crippen molar-refractivity contribution in [2.24, 2.45) is 7.05 Å². The summed E-state index contributed by atoms with van der Waals surface area (Å²) in [5.74, 6) is 0.543. The van der Waals surface area contributed by atoms with Crippen molar-refractivity contribution in [3.63, 3.8) is 0 Å². The van der Waals surface area contributed by atoms with Crippen molar-refractivity contribution in [3.05, 3.63) is 40.1 Å². The average molecular weight is 261 g/mol. The summed E-state index contributed by atoms with van der Waals surface area (Å²) in [6, 6.07) is 0. The number of furan rings is 1. The zero-order valence-electron chi connectivity index (χ0n) is 12.0. The highest BCUT2D eigenvalue weighted by molar-refractivity contribution is 5.96. The lowest BCUT2D eigenvalue weighted by atomic mass is 10.1. The van der Waals surface area contributed by atoms with E-state index < -0.39 is 0 Å². The molecule has 2 heterocycles. The molecule has 102 valence electrons. The van der Waals surface area contributed by atoms with Gasteiger partial charge in [-0.3, -0.25) is 9.48 Å². The molecule has 0 aliphatic rings. The fourth-order valence-corrected chi connectivity index (χ4v) is 2.24. The van der Waals surface area contributed by atoms with Crippen molar-refractivity contribution in [3.8, 4) is 0 Å². The van der Waals surface area contributed by atoms with Gasteiger partial charge in [-0.05, 0) is 27.7 Å². The van der Waals surface area contributed by atoms with E-state index in [0.717, 1.165) is 22.5 Å². The molecule has 0 saturated carbocycles. The number of aromatic nitrogens is 2. The van der Waals surface area contributed by atoms with Crippen molar-refractivity contribution in [2.75, 3.05) is 0 Å². The highest BCUT2D eigenvalue weighted by atomic mass is 16.3. The number of nitrogens with zero attached hydrogens (tertiary/aromatic N) is 2. The molecule has 0 saturated heterocycles. The average Bonchev–Trinajstić information content (AvgIpc) is 2.79. The van der Waals surface area contributed by atoms with Gasteiger partial charge < -0.3 is 9.73 Å². The SMILES string of the molecule is Cc1coc(C)c1C(=O)NCc1c(C)nn(C)c1C. The third kappa shape index (κ3) is 2.41. The molecular weight excluding hydrogens is 242 g/mol. The van der Waals surface area contributed by atoms with E-state index in [-0.39, 0.29) is 5.91 Å². The van der Waals surface area contributed by atoms with E-state index in [4.69, 9.17) is 4.42 Å². The number of nitrogens with one attached hydrogen (secondary N) is 1. The standard InChI is InChI=1S/C14H19N3O2/c1-8-7-19-11(4)13(8)14(18)15-6-12-9(2)16-17(5)10(12)3/h7H,6H2,1-5H3,(H,15,18). The Hall–Kier alpha value is -2.04. The van der Waals surface area contributed by atoms with Crippen LogP contribution in [0.2, 0.25) is 0 Å². The molecular formula is C14H19N3O2. The van der Waals surface area contributed by atoms with Crippen molar-refractivity contribution in [1.82, 2.24) is 15.1 Å². The topological polar surface area (TPSA) is 60.1 Å². The van der Waals surface area contributed by atoms with Gasteiger partial charge >= 0.3 is 0 Å².